The zero-order valence-corrected chi connectivity index (χ0v) is 14.0. The SMILES string of the molecule is CCN(C(=O)C(=O)N1CCC(C(N)=O)CC1)C1CCS(=O)(=O)C1. The van der Waals surface area contributed by atoms with Crippen LogP contribution in [0.4, 0.5) is 0 Å². The quantitative estimate of drug-likeness (QED) is 0.641. The van der Waals surface area contributed by atoms with Gasteiger partial charge in [0.1, 0.15) is 0 Å². The van der Waals surface area contributed by atoms with E-state index in [0.717, 1.165) is 0 Å². The zero-order chi connectivity index (χ0) is 17.2. The number of carbonyl (C=O) groups excluding carboxylic acids is 3. The minimum Gasteiger partial charge on any atom is -0.369 e. The summed E-state index contributed by atoms with van der Waals surface area (Å²) in [5.74, 6) is -1.94. The highest BCUT2D eigenvalue weighted by molar-refractivity contribution is 7.91. The van der Waals surface area contributed by atoms with Gasteiger partial charge in [-0.1, -0.05) is 0 Å². The van der Waals surface area contributed by atoms with Crippen LogP contribution < -0.4 is 5.73 Å². The first-order valence-electron chi connectivity index (χ1n) is 7.84. The number of piperidine rings is 1. The molecule has 2 aliphatic rings. The standard InChI is InChI=1S/C14H23N3O5S/c1-2-17(11-5-8-23(21,22)9-11)14(20)13(19)16-6-3-10(4-7-16)12(15)18/h10-11H,2-9H2,1H3,(H2,15,18). The van der Waals surface area contributed by atoms with E-state index in [1.807, 2.05) is 0 Å². The topological polar surface area (TPSA) is 118 Å². The Balaban J connectivity index is 1.98. The molecule has 23 heavy (non-hydrogen) atoms. The van der Waals surface area contributed by atoms with Gasteiger partial charge >= 0.3 is 11.8 Å². The highest BCUT2D eigenvalue weighted by Crippen LogP contribution is 2.20. The Morgan fingerprint density at radius 3 is 2.22 bits per heavy atom. The maximum absolute atomic E-state index is 12.4. The van der Waals surface area contributed by atoms with Gasteiger partial charge in [-0.2, -0.15) is 0 Å². The van der Waals surface area contributed by atoms with E-state index in [1.54, 1.807) is 6.92 Å². The third-order valence-electron chi connectivity index (χ3n) is 4.62. The van der Waals surface area contributed by atoms with Gasteiger partial charge in [-0.15, -0.1) is 0 Å². The van der Waals surface area contributed by atoms with Crippen molar-refractivity contribution in [1.29, 1.82) is 0 Å². The molecule has 2 heterocycles. The smallest absolute Gasteiger partial charge is 0.312 e. The molecule has 2 aliphatic heterocycles. The predicted octanol–water partition coefficient (Wildman–Crippen LogP) is -1.25. The van der Waals surface area contributed by atoms with Crippen LogP contribution in [0.3, 0.4) is 0 Å². The van der Waals surface area contributed by atoms with E-state index < -0.39 is 27.7 Å². The van der Waals surface area contributed by atoms with E-state index in [0.29, 0.717) is 38.9 Å². The van der Waals surface area contributed by atoms with Gasteiger partial charge in [0.15, 0.2) is 9.84 Å². The van der Waals surface area contributed by atoms with Crippen LogP contribution in [-0.4, -0.2) is 73.1 Å². The summed E-state index contributed by atoms with van der Waals surface area (Å²) in [4.78, 5) is 38.7. The van der Waals surface area contributed by atoms with Crippen molar-refractivity contribution in [3.05, 3.63) is 0 Å². The van der Waals surface area contributed by atoms with Crippen molar-refractivity contribution in [2.75, 3.05) is 31.1 Å². The lowest BCUT2D eigenvalue weighted by molar-refractivity contribution is -0.153. The average molecular weight is 345 g/mol. The number of sulfone groups is 1. The third kappa shape index (κ3) is 4.01. The maximum Gasteiger partial charge on any atom is 0.312 e. The largest absolute Gasteiger partial charge is 0.369 e. The highest BCUT2D eigenvalue weighted by Gasteiger charge is 2.38. The van der Waals surface area contributed by atoms with E-state index in [1.165, 1.54) is 9.80 Å². The summed E-state index contributed by atoms with van der Waals surface area (Å²) in [6.45, 7) is 2.66. The number of primary amides is 1. The van der Waals surface area contributed by atoms with Gasteiger partial charge in [0.05, 0.1) is 11.5 Å². The monoisotopic (exact) mass is 345 g/mol. The number of hydrogen-bond donors (Lipinski definition) is 1. The molecule has 2 saturated heterocycles. The normalized spacial score (nSPS) is 24.4. The number of carbonyl (C=O) groups is 3. The Kier molecular flexibility index (Phi) is 5.28. The zero-order valence-electron chi connectivity index (χ0n) is 13.2. The highest BCUT2D eigenvalue weighted by atomic mass is 32.2. The molecule has 9 heteroatoms. The second kappa shape index (κ2) is 6.86. The Morgan fingerprint density at radius 2 is 1.78 bits per heavy atom. The van der Waals surface area contributed by atoms with Gasteiger partial charge in [-0.25, -0.2) is 8.42 Å². The molecule has 0 aromatic rings. The Hall–Kier alpha value is -1.64. The van der Waals surface area contributed by atoms with Crippen LogP contribution in [0, 0.1) is 5.92 Å². The summed E-state index contributed by atoms with van der Waals surface area (Å²) in [6.07, 6.45) is 1.29. The Labute approximate surface area is 135 Å². The van der Waals surface area contributed by atoms with Gasteiger partial charge in [0, 0.05) is 31.6 Å². The van der Waals surface area contributed by atoms with E-state index in [2.05, 4.69) is 0 Å². The molecule has 0 spiro atoms. The molecule has 2 N–H and O–H groups in total. The van der Waals surface area contributed by atoms with Crippen molar-refractivity contribution in [3.8, 4) is 0 Å². The van der Waals surface area contributed by atoms with Gasteiger partial charge in [0.2, 0.25) is 5.91 Å². The molecule has 3 amide bonds. The Morgan fingerprint density at radius 1 is 1.17 bits per heavy atom. The molecule has 8 nitrogen and oxygen atoms in total. The van der Waals surface area contributed by atoms with Crippen molar-refractivity contribution >= 4 is 27.6 Å². The summed E-state index contributed by atoms with van der Waals surface area (Å²) >= 11 is 0. The summed E-state index contributed by atoms with van der Waals surface area (Å²) in [5, 5.41) is 0. The molecule has 2 rings (SSSR count). The molecule has 0 saturated carbocycles. The predicted molar refractivity (Wildman–Crippen MR) is 82.9 cm³/mol. The number of rotatable bonds is 3. The van der Waals surface area contributed by atoms with Gasteiger partial charge in [0.25, 0.3) is 0 Å². The van der Waals surface area contributed by atoms with Crippen LogP contribution in [0.25, 0.3) is 0 Å². The van der Waals surface area contributed by atoms with Crippen molar-refractivity contribution in [2.45, 2.75) is 32.2 Å². The van der Waals surface area contributed by atoms with Crippen molar-refractivity contribution in [1.82, 2.24) is 9.80 Å². The first kappa shape index (κ1) is 17.7. The molecular formula is C14H23N3O5S. The van der Waals surface area contributed by atoms with Crippen LogP contribution in [0.1, 0.15) is 26.2 Å². The second-order valence-corrected chi connectivity index (χ2v) is 8.35. The number of likely N-dealkylation sites (N-methyl/N-ethyl adjacent to an activating group) is 1. The van der Waals surface area contributed by atoms with Crippen LogP contribution in [0.5, 0.6) is 0 Å². The molecule has 0 bridgehead atoms. The number of amides is 3. The molecule has 0 aromatic carbocycles. The van der Waals surface area contributed by atoms with Crippen LogP contribution in [0.15, 0.2) is 0 Å². The van der Waals surface area contributed by atoms with Crippen LogP contribution >= 0.6 is 0 Å². The van der Waals surface area contributed by atoms with Crippen molar-refractivity contribution < 1.29 is 22.8 Å². The average Bonchev–Trinajstić information content (AvgIpc) is 2.87. The minimum atomic E-state index is -3.12. The number of nitrogens with two attached hydrogens (primary N) is 1. The number of hydrogen-bond acceptors (Lipinski definition) is 5. The first-order chi connectivity index (χ1) is 10.7. The molecule has 0 radical (unpaired) electrons. The van der Waals surface area contributed by atoms with Crippen molar-refractivity contribution in [3.63, 3.8) is 0 Å². The van der Waals surface area contributed by atoms with E-state index in [-0.39, 0.29) is 23.3 Å². The maximum atomic E-state index is 12.4. The molecule has 1 atom stereocenters. The van der Waals surface area contributed by atoms with Crippen molar-refractivity contribution in [2.24, 2.45) is 11.7 Å². The number of nitrogens with zero attached hydrogens (tertiary/aromatic N) is 2. The van der Waals surface area contributed by atoms with Crippen LogP contribution in [-0.2, 0) is 24.2 Å². The van der Waals surface area contributed by atoms with E-state index >= 15 is 0 Å². The van der Waals surface area contributed by atoms with E-state index in [4.69, 9.17) is 5.73 Å². The fraction of sp³-hybridized carbons (Fsp3) is 0.786. The summed E-state index contributed by atoms with van der Waals surface area (Å²) in [7, 11) is -3.12. The Bertz CT molecular complexity index is 596. The van der Waals surface area contributed by atoms with Gasteiger partial charge in [-0.3, -0.25) is 14.4 Å². The minimum absolute atomic E-state index is 0.0552. The number of likely N-dealkylation sites (tertiary alicyclic amines) is 1. The van der Waals surface area contributed by atoms with Crippen LogP contribution in [0.2, 0.25) is 0 Å². The lowest BCUT2D eigenvalue weighted by Gasteiger charge is -2.33. The summed E-state index contributed by atoms with van der Waals surface area (Å²) in [6, 6.07) is -0.426. The molecule has 0 aromatic heterocycles. The lowest BCUT2D eigenvalue weighted by atomic mass is 9.96. The summed E-state index contributed by atoms with van der Waals surface area (Å²) < 4.78 is 23.2. The fourth-order valence-electron chi connectivity index (χ4n) is 3.21. The van der Waals surface area contributed by atoms with E-state index in [9.17, 15) is 22.8 Å². The third-order valence-corrected chi connectivity index (χ3v) is 6.37. The molecule has 0 aliphatic carbocycles. The molecule has 2 fully saturated rings. The lowest BCUT2D eigenvalue weighted by Crippen LogP contribution is -2.51. The first-order valence-corrected chi connectivity index (χ1v) is 9.67. The molecule has 130 valence electrons. The fourth-order valence-corrected chi connectivity index (χ4v) is 4.94. The molecule has 1 unspecified atom stereocenters. The second-order valence-electron chi connectivity index (χ2n) is 6.12. The summed E-state index contributed by atoms with van der Waals surface area (Å²) in [5.41, 5.74) is 5.25. The molecular weight excluding hydrogens is 322 g/mol. The van der Waals surface area contributed by atoms with Gasteiger partial charge < -0.3 is 15.5 Å². The van der Waals surface area contributed by atoms with Gasteiger partial charge in [-0.05, 0) is 26.2 Å².